The Bertz CT molecular complexity index is 835. The first-order chi connectivity index (χ1) is 14.5. The van der Waals surface area contributed by atoms with Crippen molar-refractivity contribution in [3.8, 4) is 5.75 Å². The molecule has 0 spiro atoms. The summed E-state index contributed by atoms with van der Waals surface area (Å²) in [6.45, 7) is 8.94. The third kappa shape index (κ3) is 6.61. The van der Waals surface area contributed by atoms with Crippen molar-refractivity contribution in [1.82, 2.24) is 5.32 Å². The van der Waals surface area contributed by atoms with E-state index in [4.69, 9.17) is 4.74 Å². The highest BCUT2D eigenvalue weighted by Gasteiger charge is 2.21. The van der Waals surface area contributed by atoms with Crippen LogP contribution in [0.2, 0.25) is 0 Å². The molecular weight excluding hydrogens is 376 g/mol. The third-order valence-electron chi connectivity index (χ3n) is 5.20. The number of nitrogens with one attached hydrogen (secondary N) is 2. The number of carbonyl (C=O) groups excluding carboxylic acids is 2. The molecule has 0 aliphatic rings. The van der Waals surface area contributed by atoms with Crippen LogP contribution in [0.1, 0.15) is 75.2 Å². The van der Waals surface area contributed by atoms with E-state index < -0.39 is 6.10 Å². The first kappa shape index (κ1) is 23.5. The maximum Gasteiger partial charge on any atom is 0.265 e. The molecule has 2 aromatic carbocycles. The zero-order valence-corrected chi connectivity index (χ0v) is 18.5. The molecule has 2 N–H and O–H groups in total. The van der Waals surface area contributed by atoms with Crippen molar-refractivity contribution in [2.45, 2.75) is 65.4 Å². The molecule has 2 atom stereocenters. The fraction of sp³-hybridized carbons (Fsp3) is 0.440. The second-order valence-corrected chi connectivity index (χ2v) is 7.54. The van der Waals surface area contributed by atoms with Crippen molar-refractivity contribution < 1.29 is 14.3 Å². The van der Waals surface area contributed by atoms with Crippen molar-refractivity contribution >= 4 is 17.5 Å². The summed E-state index contributed by atoms with van der Waals surface area (Å²) < 4.78 is 6.10. The molecule has 0 heterocycles. The van der Waals surface area contributed by atoms with E-state index in [0.717, 1.165) is 30.6 Å². The molecule has 0 aliphatic heterocycles. The zero-order valence-electron chi connectivity index (χ0n) is 18.5. The summed E-state index contributed by atoms with van der Waals surface area (Å²) in [6, 6.07) is 14.9. The van der Waals surface area contributed by atoms with E-state index in [1.807, 2.05) is 25.1 Å². The van der Waals surface area contributed by atoms with Gasteiger partial charge in [-0.3, -0.25) is 9.59 Å². The number of anilines is 1. The highest BCUT2D eigenvalue weighted by molar-refractivity contribution is 5.98. The van der Waals surface area contributed by atoms with Crippen molar-refractivity contribution in [2.75, 3.05) is 11.9 Å². The van der Waals surface area contributed by atoms with Crippen LogP contribution < -0.4 is 15.4 Å². The minimum Gasteiger partial charge on any atom is -0.480 e. The first-order valence-corrected chi connectivity index (χ1v) is 10.9. The van der Waals surface area contributed by atoms with E-state index in [1.54, 1.807) is 24.3 Å². The summed E-state index contributed by atoms with van der Waals surface area (Å²) in [5.41, 5.74) is 2.22. The predicted octanol–water partition coefficient (Wildman–Crippen LogP) is 5.53. The maximum atomic E-state index is 12.9. The summed E-state index contributed by atoms with van der Waals surface area (Å²) in [5.74, 6) is 0.743. The molecule has 5 nitrogen and oxygen atoms in total. The molecule has 0 radical (unpaired) electrons. The van der Waals surface area contributed by atoms with Crippen LogP contribution in [0.4, 0.5) is 5.69 Å². The Hall–Kier alpha value is -2.82. The van der Waals surface area contributed by atoms with Gasteiger partial charge in [-0.25, -0.2) is 0 Å². The average molecular weight is 411 g/mol. The molecule has 0 bridgehead atoms. The van der Waals surface area contributed by atoms with Gasteiger partial charge in [-0.1, -0.05) is 58.4 Å². The van der Waals surface area contributed by atoms with Crippen molar-refractivity contribution in [3.63, 3.8) is 0 Å². The second kappa shape index (κ2) is 12.0. The molecule has 0 saturated carbocycles. The fourth-order valence-corrected chi connectivity index (χ4v) is 3.13. The van der Waals surface area contributed by atoms with Crippen LogP contribution in [0.5, 0.6) is 5.75 Å². The van der Waals surface area contributed by atoms with Gasteiger partial charge >= 0.3 is 0 Å². The Morgan fingerprint density at radius 1 is 1.00 bits per heavy atom. The van der Waals surface area contributed by atoms with Crippen molar-refractivity contribution in [1.29, 1.82) is 0 Å². The van der Waals surface area contributed by atoms with Gasteiger partial charge in [-0.05, 0) is 55.0 Å². The van der Waals surface area contributed by atoms with E-state index in [0.29, 0.717) is 30.1 Å². The highest BCUT2D eigenvalue weighted by Crippen LogP contribution is 2.29. The lowest BCUT2D eigenvalue weighted by Crippen LogP contribution is -2.33. The highest BCUT2D eigenvalue weighted by atomic mass is 16.5. The molecule has 162 valence electrons. The topological polar surface area (TPSA) is 67.4 Å². The van der Waals surface area contributed by atoms with Crippen LogP contribution >= 0.6 is 0 Å². The summed E-state index contributed by atoms with van der Waals surface area (Å²) >= 11 is 0. The summed E-state index contributed by atoms with van der Waals surface area (Å²) in [5, 5.41) is 5.79. The van der Waals surface area contributed by atoms with Crippen LogP contribution in [0.15, 0.2) is 48.5 Å². The van der Waals surface area contributed by atoms with Crippen LogP contribution in [-0.4, -0.2) is 24.5 Å². The predicted molar refractivity (Wildman–Crippen MR) is 122 cm³/mol. The van der Waals surface area contributed by atoms with Gasteiger partial charge in [0.25, 0.3) is 11.8 Å². The average Bonchev–Trinajstić information content (AvgIpc) is 2.77. The molecular formula is C25H34N2O3. The van der Waals surface area contributed by atoms with E-state index in [1.165, 1.54) is 0 Å². The number of para-hydroxylation sites is 1. The van der Waals surface area contributed by atoms with Crippen LogP contribution in [0.3, 0.4) is 0 Å². The summed E-state index contributed by atoms with van der Waals surface area (Å²) in [4.78, 5) is 25.1. The number of amides is 2. The van der Waals surface area contributed by atoms with Gasteiger partial charge in [-0.2, -0.15) is 0 Å². The van der Waals surface area contributed by atoms with Crippen molar-refractivity contribution in [3.05, 3.63) is 59.7 Å². The number of benzene rings is 2. The molecule has 5 heteroatoms. The van der Waals surface area contributed by atoms with Gasteiger partial charge in [-0.15, -0.1) is 0 Å². The quantitative estimate of drug-likeness (QED) is 0.479. The SMILES string of the molecule is CCCCNC(=O)c1cccc(NC(=O)C(CC)Oc2ccccc2C(C)CC)c1. The Balaban J connectivity index is 2.07. The lowest BCUT2D eigenvalue weighted by molar-refractivity contribution is -0.122. The van der Waals surface area contributed by atoms with E-state index in [2.05, 4.69) is 37.5 Å². The number of hydrogen-bond donors (Lipinski definition) is 2. The molecule has 0 saturated heterocycles. The van der Waals surface area contributed by atoms with Crippen molar-refractivity contribution in [2.24, 2.45) is 0 Å². The van der Waals surface area contributed by atoms with Gasteiger partial charge in [0.15, 0.2) is 6.10 Å². The Labute approximate surface area is 180 Å². The number of unbranched alkanes of at least 4 members (excludes halogenated alkanes) is 1. The second-order valence-electron chi connectivity index (χ2n) is 7.54. The van der Waals surface area contributed by atoms with Gasteiger partial charge in [0.05, 0.1) is 0 Å². The van der Waals surface area contributed by atoms with Crippen LogP contribution in [0.25, 0.3) is 0 Å². The van der Waals surface area contributed by atoms with E-state index in [-0.39, 0.29) is 11.8 Å². The lowest BCUT2D eigenvalue weighted by atomic mass is 9.98. The fourth-order valence-electron chi connectivity index (χ4n) is 3.13. The zero-order chi connectivity index (χ0) is 21.9. The normalized spacial score (nSPS) is 12.7. The third-order valence-corrected chi connectivity index (χ3v) is 5.20. The van der Waals surface area contributed by atoms with Crippen LogP contribution in [-0.2, 0) is 4.79 Å². The molecule has 30 heavy (non-hydrogen) atoms. The minimum atomic E-state index is -0.614. The molecule has 2 unspecified atom stereocenters. The maximum absolute atomic E-state index is 12.9. The Morgan fingerprint density at radius 2 is 1.77 bits per heavy atom. The first-order valence-electron chi connectivity index (χ1n) is 10.9. The molecule has 2 amide bonds. The number of ether oxygens (including phenoxy) is 1. The molecule has 0 aliphatic carbocycles. The number of hydrogen-bond acceptors (Lipinski definition) is 3. The molecule has 0 fully saturated rings. The summed E-state index contributed by atoms with van der Waals surface area (Å²) in [6.07, 6.45) is 2.89. The number of rotatable bonds is 11. The number of carbonyl (C=O) groups is 2. The largest absolute Gasteiger partial charge is 0.480 e. The van der Waals surface area contributed by atoms with Crippen LogP contribution in [0, 0.1) is 0 Å². The van der Waals surface area contributed by atoms with E-state index in [9.17, 15) is 9.59 Å². The monoisotopic (exact) mass is 410 g/mol. The summed E-state index contributed by atoms with van der Waals surface area (Å²) in [7, 11) is 0. The molecule has 0 aromatic heterocycles. The Kier molecular flexibility index (Phi) is 9.39. The minimum absolute atomic E-state index is 0.134. The van der Waals surface area contributed by atoms with Gasteiger partial charge in [0, 0.05) is 17.8 Å². The van der Waals surface area contributed by atoms with Gasteiger partial charge in [0.1, 0.15) is 5.75 Å². The standard InChI is InChI=1S/C25H34N2O3/c1-5-8-16-26-24(28)19-12-11-13-20(17-19)27-25(29)22(7-3)30-23-15-10-9-14-21(23)18(4)6-2/h9-15,17-18,22H,5-8,16H2,1-4H3,(H,26,28)(H,27,29). The lowest BCUT2D eigenvalue weighted by Gasteiger charge is -2.21. The Morgan fingerprint density at radius 3 is 2.47 bits per heavy atom. The molecule has 2 aromatic rings. The van der Waals surface area contributed by atoms with E-state index >= 15 is 0 Å². The van der Waals surface area contributed by atoms with Gasteiger partial charge < -0.3 is 15.4 Å². The van der Waals surface area contributed by atoms with Gasteiger partial charge in [0.2, 0.25) is 0 Å². The molecule has 2 rings (SSSR count). The smallest absolute Gasteiger partial charge is 0.265 e.